The number of ether oxygens (including phenoxy) is 1. The van der Waals surface area contributed by atoms with Gasteiger partial charge in [-0.2, -0.15) is 0 Å². The van der Waals surface area contributed by atoms with E-state index in [-0.39, 0.29) is 12.4 Å². The summed E-state index contributed by atoms with van der Waals surface area (Å²) in [4.78, 5) is 2.47. The zero-order chi connectivity index (χ0) is 11.2. The summed E-state index contributed by atoms with van der Waals surface area (Å²) in [5, 5.41) is 0.837. The fourth-order valence-electron chi connectivity index (χ4n) is 2.02. The Hall–Kier alpha value is -0.280. The van der Waals surface area contributed by atoms with Gasteiger partial charge in [-0.1, -0.05) is 23.7 Å². The molecule has 0 radical (unpaired) electrons. The number of hydrogen-bond donors (Lipinski definition) is 0. The van der Waals surface area contributed by atoms with E-state index in [1.165, 1.54) is 12.0 Å². The summed E-state index contributed by atoms with van der Waals surface area (Å²) in [5.74, 6) is 0. The molecule has 0 unspecified atom stereocenters. The van der Waals surface area contributed by atoms with E-state index >= 15 is 0 Å². The van der Waals surface area contributed by atoms with E-state index in [2.05, 4.69) is 17.0 Å². The first-order chi connectivity index (χ1) is 7.84. The largest absolute Gasteiger partial charge is 0.379 e. The summed E-state index contributed by atoms with van der Waals surface area (Å²) in [7, 11) is 0. The molecule has 0 spiro atoms. The molecule has 1 aliphatic rings. The van der Waals surface area contributed by atoms with Crippen LogP contribution in [-0.2, 0) is 11.2 Å². The Morgan fingerprint density at radius 2 is 2.00 bits per heavy atom. The van der Waals surface area contributed by atoms with Crippen molar-refractivity contribution in [2.45, 2.75) is 12.8 Å². The third-order valence-electron chi connectivity index (χ3n) is 2.93. The number of rotatable bonds is 4. The molecule has 17 heavy (non-hydrogen) atoms. The van der Waals surface area contributed by atoms with E-state index < -0.39 is 0 Å². The molecular formula is C13H19Cl2NO. The summed E-state index contributed by atoms with van der Waals surface area (Å²) >= 11 is 5.95. The predicted molar refractivity (Wildman–Crippen MR) is 74.3 cm³/mol. The maximum Gasteiger partial charge on any atom is 0.0594 e. The quantitative estimate of drug-likeness (QED) is 0.838. The summed E-state index contributed by atoms with van der Waals surface area (Å²) in [6.07, 6.45) is 2.30. The Morgan fingerprint density at radius 3 is 2.71 bits per heavy atom. The van der Waals surface area contributed by atoms with E-state index in [1.54, 1.807) is 0 Å². The van der Waals surface area contributed by atoms with E-state index in [0.717, 1.165) is 44.3 Å². The molecule has 1 fully saturated rings. The van der Waals surface area contributed by atoms with Crippen molar-refractivity contribution in [1.82, 2.24) is 4.90 Å². The highest BCUT2D eigenvalue weighted by molar-refractivity contribution is 6.30. The summed E-state index contributed by atoms with van der Waals surface area (Å²) < 4.78 is 5.32. The van der Waals surface area contributed by atoms with Gasteiger partial charge in [0.2, 0.25) is 0 Å². The molecule has 1 aromatic rings. The number of halogens is 2. The lowest BCUT2D eigenvalue weighted by Gasteiger charge is -2.26. The molecule has 2 rings (SSSR count). The number of hydrogen-bond acceptors (Lipinski definition) is 2. The van der Waals surface area contributed by atoms with E-state index in [4.69, 9.17) is 16.3 Å². The van der Waals surface area contributed by atoms with Crippen molar-refractivity contribution in [3.8, 4) is 0 Å². The second-order valence-electron chi connectivity index (χ2n) is 4.19. The van der Waals surface area contributed by atoms with Gasteiger partial charge < -0.3 is 4.74 Å². The molecule has 1 aliphatic heterocycles. The van der Waals surface area contributed by atoms with Gasteiger partial charge >= 0.3 is 0 Å². The maximum absolute atomic E-state index is 5.95. The first-order valence-electron chi connectivity index (χ1n) is 5.89. The average Bonchev–Trinajstić information content (AvgIpc) is 2.30. The van der Waals surface area contributed by atoms with Crippen LogP contribution in [0, 0.1) is 0 Å². The molecule has 0 amide bonds. The van der Waals surface area contributed by atoms with Crippen LogP contribution in [0.4, 0.5) is 0 Å². The topological polar surface area (TPSA) is 12.5 Å². The van der Waals surface area contributed by atoms with Gasteiger partial charge in [-0.05, 0) is 37.1 Å². The Morgan fingerprint density at radius 1 is 1.24 bits per heavy atom. The smallest absolute Gasteiger partial charge is 0.0594 e. The van der Waals surface area contributed by atoms with E-state index in [1.807, 2.05) is 12.1 Å². The molecule has 4 heteroatoms. The van der Waals surface area contributed by atoms with Crippen molar-refractivity contribution in [2.75, 3.05) is 32.8 Å². The highest BCUT2D eigenvalue weighted by Gasteiger charge is 2.09. The van der Waals surface area contributed by atoms with E-state index in [9.17, 15) is 0 Å². The number of benzene rings is 1. The summed E-state index contributed by atoms with van der Waals surface area (Å²) in [6.45, 7) is 5.09. The first kappa shape index (κ1) is 14.8. The molecule has 0 saturated carbocycles. The van der Waals surface area contributed by atoms with Gasteiger partial charge in [-0.25, -0.2) is 0 Å². The first-order valence-corrected chi connectivity index (χ1v) is 6.27. The Labute approximate surface area is 114 Å². The van der Waals surface area contributed by atoms with Gasteiger partial charge in [0.1, 0.15) is 0 Å². The highest BCUT2D eigenvalue weighted by Crippen LogP contribution is 2.12. The third kappa shape index (κ3) is 5.26. The fourth-order valence-corrected chi connectivity index (χ4v) is 2.24. The SMILES string of the molecule is Cl.Clc1cccc(CCCN2CCOCC2)c1. The standard InChI is InChI=1S/C13H18ClNO.ClH/c14-13-5-1-3-12(11-13)4-2-6-15-7-9-16-10-8-15;/h1,3,5,11H,2,4,6-10H2;1H. The molecular weight excluding hydrogens is 257 g/mol. The van der Waals surface area contributed by atoms with Gasteiger partial charge in [0.15, 0.2) is 0 Å². The predicted octanol–water partition coefficient (Wildman–Crippen LogP) is 3.03. The monoisotopic (exact) mass is 275 g/mol. The fraction of sp³-hybridized carbons (Fsp3) is 0.538. The number of nitrogens with zero attached hydrogens (tertiary/aromatic N) is 1. The van der Waals surface area contributed by atoms with Gasteiger partial charge in [0.25, 0.3) is 0 Å². The van der Waals surface area contributed by atoms with Gasteiger partial charge in [0.05, 0.1) is 13.2 Å². The van der Waals surface area contributed by atoms with Crippen molar-refractivity contribution in [3.63, 3.8) is 0 Å². The maximum atomic E-state index is 5.95. The minimum atomic E-state index is 0. The zero-order valence-electron chi connectivity index (χ0n) is 9.90. The van der Waals surface area contributed by atoms with Crippen LogP contribution >= 0.6 is 24.0 Å². The molecule has 2 nitrogen and oxygen atoms in total. The van der Waals surface area contributed by atoms with Gasteiger partial charge in [-0.15, -0.1) is 12.4 Å². The molecule has 1 heterocycles. The number of morpholine rings is 1. The van der Waals surface area contributed by atoms with Crippen LogP contribution in [-0.4, -0.2) is 37.7 Å². The molecule has 1 saturated heterocycles. The summed E-state index contributed by atoms with van der Waals surface area (Å²) in [5.41, 5.74) is 1.33. The molecule has 0 aromatic heterocycles. The van der Waals surface area contributed by atoms with Crippen molar-refractivity contribution in [1.29, 1.82) is 0 Å². The molecule has 0 bridgehead atoms. The molecule has 96 valence electrons. The Bertz CT molecular complexity index is 327. The third-order valence-corrected chi connectivity index (χ3v) is 3.17. The van der Waals surface area contributed by atoms with Crippen molar-refractivity contribution < 1.29 is 4.74 Å². The molecule has 0 N–H and O–H groups in total. The Kier molecular flexibility index (Phi) is 6.90. The average molecular weight is 276 g/mol. The van der Waals surface area contributed by atoms with Gasteiger partial charge in [-0.3, -0.25) is 4.90 Å². The van der Waals surface area contributed by atoms with Crippen LogP contribution in [0.1, 0.15) is 12.0 Å². The van der Waals surface area contributed by atoms with Crippen LogP contribution in [0.2, 0.25) is 5.02 Å². The lowest BCUT2D eigenvalue weighted by Crippen LogP contribution is -2.36. The minimum absolute atomic E-state index is 0. The highest BCUT2D eigenvalue weighted by atomic mass is 35.5. The molecule has 1 aromatic carbocycles. The van der Waals surface area contributed by atoms with Crippen LogP contribution in [0.3, 0.4) is 0 Å². The molecule has 0 aliphatic carbocycles. The normalized spacial score (nSPS) is 16.5. The minimum Gasteiger partial charge on any atom is -0.379 e. The van der Waals surface area contributed by atoms with Crippen LogP contribution < -0.4 is 0 Å². The second kappa shape index (κ2) is 7.93. The Balaban J connectivity index is 0.00000144. The summed E-state index contributed by atoms with van der Waals surface area (Å²) in [6, 6.07) is 8.14. The number of aryl methyl sites for hydroxylation is 1. The second-order valence-corrected chi connectivity index (χ2v) is 4.62. The zero-order valence-corrected chi connectivity index (χ0v) is 11.5. The van der Waals surface area contributed by atoms with Crippen LogP contribution in [0.15, 0.2) is 24.3 Å². The lowest BCUT2D eigenvalue weighted by atomic mass is 10.1. The molecule has 0 atom stereocenters. The van der Waals surface area contributed by atoms with E-state index in [0.29, 0.717) is 0 Å². The lowest BCUT2D eigenvalue weighted by molar-refractivity contribution is 0.0375. The van der Waals surface area contributed by atoms with Crippen molar-refractivity contribution in [2.24, 2.45) is 0 Å². The van der Waals surface area contributed by atoms with Crippen LogP contribution in [0.25, 0.3) is 0 Å². The van der Waals surface area contributed by atoms with Crippen LogP contribution in [0.5, 0.6) is 0 Å². The van der Waals surface area contributed by atoms with Crippen molar-refractivity contribution in [3.05, 3.63) is 34.9 Å². The van der Waals surface area contributed by atoms with Gasteiger partial charge in [0, 0.05) is 18.1 Å². The van der Waals surface area contributed by atoms with Crippen molar-refractivity contribution >= 4 is 24.0 Å².